The number of halogens is 2. The molecule has 2 amide bonds. The van der Waals surface area contributed by atoms with Crippen molar-refractivity contribution in [2.45, 2.75) is 12.5 Å². The molecule has 1 unspecified atom stereocenters. The first-order valence-electron chi connectivity index (χ1n) is 5.30. The molecule has 0 saturated carbocycles. The summed E-state index contributed by atoms with van der Waals surface area (Å²) in [6.07, 6.45) is 1.35. The number of urea groups is 1. The molecule has 0 radical (unpaired) electrons. The number of carboxylic acids is 1. The lowest BCUT2D eigenvalue weighted by Gasteiger charge is -2.13. The highest BCUT2D eigenvalue weighted by molar-refractivity contribution is 5.92. The molecule has 1 aromatic carbocycles. The van der Waals surface area contributed by atoms with Gasteiger partial charge in [-0.2, -0.15) is 0 Å². The molecule has 0 fully saturated rings. The van der Waals surface area contributed by atoms with E-state index in [1.807, 2.05) is 0 Å². The fourth-order valence-electron chi connectivity index (χ4n) is 1.30. The summed E-state index contributed by atoms with van der Waals surface area (Å²) in [5.74, 6) is -2.97. The fraction of sp³-hybridized carbons (Fsp3) is 0.167. The van der Waals surface area contributed by atoms with Crippen LogP contribution in [0.25, 0.3) is 0 Å². The molecule has 102 valence electrons. The number of benzene rings is 1. The van der Waals surface area contributed by atoms with Crippen LogP contribution in [0.1, 0.15) is 6.42 Å². The van der Waals surface area contributed by atoms with Crippen molar-refractivity contribution in [1.82, 2.24) is 5.32 Å². The van der Waals surface area contributed by atoms with E-state index < -0.39 is 29.7 Å². The second kappa shape index (κ2) is 6.48. The van der Waals surface area contributed by atoms with Gasteiger partial charge in [0.15, 0.2) is 0 Å². The molecule has 3 N–H and O–H groups in total. The third kappa shape index (κ3) is 4.38. The third-order valence-electron chi connectivity index (χ3n) is 2.19. The normalized spacial score (nSPS) is 11.5. The molecule has 0 saturated heterocycles. The summed E-state index contributed by atoms with van der Waals surface area (Å²) in [6, 6.07) is 0.541. The van der Waals surface area contributed by atoms with Gasteiger partial charge in [0.25, 0.3) is 0 Å². The van der Waals surface area contributed by atoms with E-state index in [2.05, 4.69) is 17.2 Å². The molecule has 0 aliphatic rings. The Morgan fingerprint density at radius 2 is 2.11 bits per heavy atom. The molecule has 19 heavy (non-hydrogen) atoms. The van der Waals surface area contributed by atoms with Crippen LogP contribution in [0, 0.1) is 11.6 Å². The number of carbonyl (C=O) groups excluding carboxylic acids is 1. The molecule has 0 aliphatic carbocycles. The Morgan fingerprint density at radius 3 is 2.63 bits per heavy atom. The molecule has 0 aliphatic heterocycles. The number of hydrogen-bond donors (Lipinski definition) is 3. The van der Waals surface area contributed by atoms with E-state index in [0.29, 0.717) is 6.07 Å². The lowest BCUT2D eigenvalue weighted by Crippen LogP contribution is -2.42. The van der Waals surface area contributed by atoms with Gasteiger partial charge in [0.05, 0.1) is 5.69 Å². The van der Waals surface area contributed by atoms with Crippen molar-refractivity contribution in [1.29, 1.82) is 0 Å². The topological polar surface area (TPSA) is 78.4 Å². The fourth-order valence-corrected chi connectivity index (χ4v) is 1.30. The number of hydrogen-bond acceptors (Lipinski definition) is 2. The molecule has 0 aromatic heterocycles. The van der Waals surface area contributed by atoms with Crippen molar-refractivity contribution >= 4 is 17.7 Å². The average molecular weight is 270 g/mol. The molecule has 1 aromatic rings. The number of rotatable bonds is 5. The van der Waals surface area contributed by atoms with Crippen molar-refractivity contribution in [2.75, 3.05) is 5.32 Å². The minimum atomic E-state index is -1.24. The Morgan fingerprint density at radius 1 is 1.42 bits per heavy atom. The van der Waals surface area contributed by atoms with Gasteiger partial charge >= 0.3 is 12.0 Å². The van der Waals surface area contributed by atoms with Crippen molar-refractivity contribution < 1.29 is 23.5 Å². The van der Waals surface area contributed by atoms with Crippen LogP contribution in [0.4, 0.5) is 19.3 Å². The molecule has 5 nitrogen and oxygen atoms in total. The summed E-state index contributed by atoms with van der Waals surface area (Å²) in [7, 11) is 0. The lowest BCUT2D eigenvalue weighted by molar-refractivity contribution is -0.139. The highest BCUT2D eigenvalue weighted by Gasteiger charge is 2.18. The van der Waals surface area contributed by atoms with Crippen molar-refractivity contribution in [3.63, 3.8) is 0 Å². The van der Waals surface area contributed by atoms with Gasteiger partial charge in [-0.25, -0.2) is 18.4 Å². The number of aliphatic carboxylic acids is 1. The van der Waals surface area contributed by atoms with Crippen LogP contribution < -0.4 is 10.6 Å². The minimum Gasteiger partial charge on any atom is -0.480 e. The second-order valence-corrected chi connectivity index (χ2v) is 3.64. The van der Waals surface area contributed by atoms with E-state index in [9.17, 15) is 18.4 Å². The average Bonchev–Trinajstić information content (AvgIpc) is 2.32. The number of anilines is 1. The smallest absolute Gasteiger partial charge is 0.326 e. The van der Waals surface area contributed by atoms with E-state index in [-0.39, 0.29) is 12.1 Å². The lowest BCUT2D eigenvalue weighted by atomic mass is 10.2. The molecular formula is C12H12F2N2O3. The maximum atomic E-state index is 13.2. The molecule has 1 rings (SSSR count). The van der Waals surface area contributed by atoms with Crippen LogP contribution >= 0.6 is 0 Å². The van der Waals surface area contributed by atoms with Gasteiger partial charge in [0, 0.05) is 6.07 Å². The summed E-state index contributed by atoms with van der Waals surface area (Å²) in [5.41, 5.74) is -0.248. The van der Waals surface area contributed by atoms with Gasteiger partial charge in [-0.1, -0.05) is 6.08 Å². The Balaban J connectivity index is 2.68. The predicted octanol–water partition coefficient (Wildman–Crippen LogP) is 2.12. The largest absolute Gasteiger partial charge is 0.480 e. The SMILES string of the molecule is C=CCC(NC(=O)Nc1ccc(F)cc1F)C(=O)O. The summed E-state index contributed by atoms with van der Waals surface area (Å²) in [6.45, 7) is 3.36. The zero-order valence-electron chi connectivity index (χ0n) is 9.82. The van der Waals surface area contributed by atoms with E-state index in [1.54, 1.807) is 0 Å². The van der Waals surface area contributed by atoms with Crippen LogP contribution in [-0.2, 0) is 4.79 Å². The highest BCUT2D eigenvalue weighted by atomic mass is 19.1. The van der Waals surface area contributed by atoms with Crippen LogP contribution in [0.2, 0.25) is 0 Å². The maximum Gasteiger partial charge on any atom is 0.326 e. The first kappa shape index (κ1) is 14.6. The summed E-state index contributed by atoms with van der Waals surface area (Å²) in [5, 5.41) is 13.0. The highest BCUT2D eigenvalue weighted by Crippen LogP contribution is 2.14. The van der Waals surface area contributed by atoms with E-state index in [1.165, 1.54) is 6.08 Å². The Bertz CT molecular complexity index is 506. The minimum absolute atomic E-state index is 0.0225. The Kier molecular flexibility index (Phi) is 4.99. The number of amides is 2. The Hall–Kier alpha value is -2.44. The first-order valence-corrected chi connectivity index (χ1v) is 5.30. The van der Waals surface area contributed by atoms with Gasteiger partial charge < -0.3 is 15.7 Å². The van der Waals surface area contributed by atoms with Crippen LogP contribution in [-0.4, -0.2) is 23.1 Å². The predicted molar refractivity (Wildman–Crippen MR) is 64.8 cm³/mol. The molecule has 0 spiro atoms. The van der Waals surface area contributed by atoms with Gasteiger partial charge in [0.1, 0.15) is 17.7 Å². The standard InChI is InChI=1S/C12H12F2N2O3/c1-2-3-10(11(17)18)16-12(19)15-9-5-4-7(13)6-8(9)14/h2,4-6,10H,1,3H2,(H,17,18)(H2,15,16,19). The van der Waals surface area contributed by atoms with Gasteiger partial charge in [0.2, 0.25) is 0 Å². The molecule has 1 atom stereocenters. The monoisotopic (exact) mass is 270 g/mol. The van der Waals surface area contributed by atoms with Crippen LogP contribution in [0.5, 0.6) is 0 Å². The third-order valence-corrected chi connectivity index (χ3v) is 2.19. The van der Waals surface area contributed by atoms with E-state index in [4.69, 9.17) is 5.11 Å². The molecule has 0 heterocycles. The van der Waals surface area contributed by atoms with E-state index >= 15 is 0 Å². The van der Waals surface area contributed by atoms with Crippen molar-refractivity contribution in [2.24, 2.45) is 0 Å². The van der Waals surface area contributed by atoms with Gasteiger partial charge in [-0.15, -0.1) is 6.58 Å². The zero-order valence-corrected chi connectivity index (χ0v) is 9.82. The van der Waals surface area contributed by atoms with Crippen LogP contribution in [0.3, 0.4) is 0 Å². The van der Waals surface area contributed by atoms with Crippen molar-refractivity contribution in [3.05, 3.63) is 42.5 Å². The number of nitrogens with one attached hydrogen (secondary N) is 2. The molecule has 7 heteroatoms. The quantitative estimate of drug-likeness (QED) is 0.717. The second-order valence-electron chi connectivity index (χ2n) is 3.64. The molecular weight excluding hydrogens is 258 g/mol. The maximum absolute atomic E-state index is 13.2. The van der Waals surface area contributed by atoms with Crippen molar-refractivity contribution in [3.8, 4) is 0 Å². The Labute approximate surface area is 107 Å². The zero-order chi connectivity index (χ0) is 14.4. The van der Waals surface area contributed by atoms with E-state index in [0.717, 1.165) is 12.1 Å². The van der Waals surface area contributed by atoms with Crippen LogP contribution in [0.15, 0.2) is 30.9 Å². The summed E-state index contributed by atoms with van der Waals surface area (Å²) < 4.78 is 25.9. The van der Waals surface area contributed by atoms with Gasteiger partial charge in [-0.05, 0) is 18.6 Å². The summed E-state index contributed by atoms with van der Waals surface area (Å²) in [4.78, 5) is 22.2. The molecule has 0 bridgehead atoms. The number of carbonyl (C=O) groups is 2. The summed E-state index contributed by atoms with van der Waals surface area (Å²) >= 11 is 0. The number of carboxylic acid groups (broad SMARTS) is 1. The van der Waals surface area contributed by atoms with Gasteiger partial charge in [-0.3, -0.25) is 0 Å². The first-order chi connectivity index (χ1) is 8.93.